The van der Waals surface area contributed by atoms with Gasteiger partial charge in [-0.15, -0.1) is 12.4 Å². The molecule has 0 aliphatic rings. The molecule has 0 saturated heterocycles. The number of ketones is 1. The maximum absolute atomic E-state index is 12.9. The molecule has 124 valence electrons. The average molecular weight is 373 g/mol. The van der Waals surface area contributed by atoms with Crippen molar-refractivity contribution < 1.29 is 4.79 Å². The van der Waals surface area contributed by atoms with Crippen LogP contribution in [-0.4, -0.2) is 31.3 Å². The van der Waals surface area contributed by atoms with Gasteiger partial charge < -0.3 is 4.90 Å². The highest BCUT2D eigenvalue weighted by Gasteiger charge is 2.23. The van der Waals surface area contributed by atoms with Crippen LogP contribution in [0.1, 0.15) is 15.9 Å². The summed E-state index contributed by atoms with van der Waals surface area (Å²) < 4.78 is 0. The van der Waals surface area contributed by atoms with Crippen LogP contribution in [0, 0.1) is 5.92 Å². The van der Waals surface area contributed by atoms with E-state index in [0.29, 0.717) is 28.6 Å². The van der Waals surface area contributed by atoms with Crippen LogP contribution in [-0.2, 0) is 6.42 Å². The van der Waals surface area contributed by atoms with Gasteiger partial charge in [0.25, 0.3) is 0 Å². The molecule has 0 heterocycles. The molecule has 0 aliphatic heterocycles. The Balaban J connectivity index is 0.00000264. The second-order valence-electron chi connectivity index (χ2n) is 5.64. The molecule has 0 N–H and O–H groups in total. The lowest BCUT2D eigenvalue weighted by molar-refractivity contribution is 0.0897. The van der Waals surface area contributed by atoms with Gasteiger partial charge in [-0.2, -0.15) is 0 Å². The summed E-state index contributed by atoms with van der Waals surface area (Å²) in [7, 11) is 3.93. The zero-order valence-corrected chi connectivity index (χ0v) is 15.5. The van der Waals surface area contributed by atoms with Crippen LogP contribution in [0.15, 0.2) is 48.5 Å². The second kappa shape index (κ2) is 9.29. The van der Waals surface area contributed by atoms with E-state index in [9.17, 15) is 4.79 Å². The average Bonchev–Trinajstić information content (AvgIpc) is 2.49. The van der Waals surface area contributed by atoms with E-state index < -0.39 is 0 Å². The number of hydrogen-bond donors (Lipinski definition) is 0. The fourth-order valence-corrected chi connectivity index (χ4v) is 2.87. The highest BCUT2D eigenvalue weighted by molar-refractivity contribution is 6.36. The van der Waals surface area contributed by atoms with Crippen LogP contribution in [0.4, 0.5) is 0 Å². The van der Waals surface area contributed by atoms with Gasteiger partial charge in [-0.05, 0) is 44.3 Å². The summed E-state index contributed by atoms with van der Waals surface area (Å²) in [6, 6.07) is 15.0. The van der Waals surface area contributed by atoms with Crippen molar-refractivity contribution >= 4 is 41.4 Å². The second-order valence-corrected chi connectivity index (χ2v) is 6.48. The largest absolute Gasteiger partial charge is 0.309 e. The molecule has 0 aliphatic carbocycles. The fourth-order valence-electron chi connectivity index (χ4n) is 2.49. The molecular formula is C18H20Cl3NO. The van der Waals surface area contributed by atoms with Crippen molar-refractivity contribution in [1.82, 2.24) is 4.90 Å². The van der Waals surface area contributed by atoms with Crippen LogP contribution in [0.3, 0.4) is 0 Å². The number of rotatable bonds is 6. The summed E-state index contributed by atoms with van der Waals surface area (Å²) in [5, 5.41) is 0.974. The maximum atomic E-state index is 12.9. The van der Waals surface area contributed by atoms with E-state index >= 15 is 0 Å². The van der Waals surface area contributed by atoms with Crippen molar-refractivity contribution in [1.29, 1.82) is 0 Å². The zero-order valence-electron chi connectivity index (χ0n) is 13.1. The van der Waals surface area contributed by atoms with E-state index in [1.165, 1.54) is 0 Å². The Bertz CT molecular complexity index is 644. The van der Waals surface area contributed by atoms with Gasteiger partial charge in [-0.3, -0.25) is 4.79 Å². The normalized spacial score (nSPS) is 11.9. The molecule has 2 rings (SSSR count). The molecule has 0 bridgehead atoms. The number of benzene rings is 2. The van der Waals surface area contributed by atoms with Crippen molar-refractivity contribution in [2.75, 3.05) is 20.6 Å². The lowest BCUT2D eigenvalue weighted by Crippen LogP contribution is -2.30. The smallest absolute Gasteiger partial charge is 0.169 e. The van der Waals surface area contributed by atoms with Crippen LogP contribution < -0.4 is 0 Å². The molecule has 0 radical (unpaired) electrons. The molecule has 1 atom stereocenters. The first kappa shape index (κ1) is 20.0. The van der Waals surface area contributed by atoms with Crippen LogP contribution in [0.2, 0.25) is 10.0 Å². The molecule has 0 unspecified atom stereocenters. The molecule has 0 amide bonds. The topological polar surface area (TPSA) is 20.3 Å². The number of carbonyl (C=O) groups excluding carboxylic acids is 1. The van der Waals surface area contributed by atoms with Crippen molar-refractivity contribution in [2.24, 2.45) is 5.92 Å². The Kier molecular flexibility index (Phi) is 8.07. The quantitative estimate of drug-likeness (QED) is 0.664. The lowest BCUT2D eigenvalue weighted by atomic mass is 9.91. The molecular weight excluding hydrogens is 353 g/mol. The maximum Gasteiger partial charge on any atom is 0.169 e. The summed E-state index contributed by atoms with van der Waals surface area (Å²) in [4.78, 5) is 14.9. The zero-order chi connectivity index (χ0) is 16.1. The van der Waals surface area contributed by atoms with Crippen molar-refractivity contribution in [3.05, 3.63) is 69.7 Å². The minimum atomic E-state index is -0.159. The van der Waals surface area contributed by atoms with Crippen molar-refractivity contribution in [2.45, 2.75) is 6.42 Å². The first-order valence-electron chi connectivity index (χ1n) is 7.15. The van der Waals surface area contributed by atoms with Gasteiger partial charge in [0, 0.05) is 23.0 Å². The van der Waals surface area contributed by atoms with Gasteiger partial charge in [0.15, 0.2) is 5.78 Å². The predicted octanol–water partition coefficient (Wildman–Crippen LogP) is 5.02. The predicted molar refractivity (Wildman–Crippen MR) is 100 cm³/mol. The number of carbonyl (C=O) groups is 1. The molecule has 2 aromatic rings. The first-order valence-corrected chi connectivity index (χ1v) is 7.91. The molecule has 0 saturated carbocycles. The van der Waals surface area contributed by atoms with Crippen LogP contribution in [0.25, 0.3) is 0 Å². The molecule has 0 fully saturated rings. The molecule has 2 aromatic carbocycles. The van der Waals surface area contributed by atoms with E-state index in [2.05, 4.69) is 0 Å². The van der Waals surface area contributed by atoms with Gasteiger partial charge in [0.05, 0.1) is 5.02 Å². The van der Waals surface area contributed by atoms with Gasteiger partial charge in [0.1, 0.15) is 0 Å². The van der Waals surface area contributed by atoms with Crippen molar-refractivity contribution in [3.63, 3.8) is 0 Å². The Hall–Kier alpha value is -1.06. The molecule has 0 aromatic heterocycles. The van der Waals surface area contributed by atoms with Crippen LogP contribution >= 0.6 is 35.6 Å². The Morgan fingerprint density at radius 1 is 1.09 bits per heavy atom. The van der Waals surface area contributed by atoms with Gasteiger partial charge in [0.2, 0.25) is 0 Å². The standard InChI is InChI=1S/C18H19Cl2NO.ClH/c1-21(2)12-14(10-13-6-4-3-5-7-13)18(22)16-11-15(19)8-9-17(16)20;/h3-9,11,14H,10,12H2,1-2H3;1H/t14-;/m0./s1. The van der Waals surface area contributed by atoms with E-state index in [1.54, 1.807) is 18.2 Å². The number of Topliss-reactive ketones (excluding diaryl/α,β-unsaturated/α-hetero) is 1. The summed E-state index contributed by atoms with van der Waals surface area (Å²) in [6.07, 6.45) is 0.681. The van der Waals surface area contributed by atoms with Crippen molar-refractivity contribution in [3.8, 4) is 0 Å². The summed E-state index contributed by atoms with van der Waals surface area (Å²) in [6.45, 7) is 0.663. The number of nitrogens with zero attached hydrogens (tertiary/aromatic N) is 1. The molecule has 0 spiro atoms. The lowest BCUT2D eigenvalue weighted by Gasteiger charge is -2.21. The van der Waals surface area contributed by atoms with E-state index in [-0.39, 0.29) is 24.1 Å². The number of hydrogen-bond acceptors (Lipinski definition) is 2. The third-order valence-corrected chi connectivity index (χ3v) is 4.04. The van der Waals surface area contributed by atoms with E-state index in [1.807, 2.05) is 49.3 Å². The summed E-state index contributed by atoms with van der Waals surface area (Å²) in [5.41, 5.74) is 1.64. The third-order valence-electron chi connectivity index (χ3n) is 3.48. The van der Waals surface area contributed by atoms with Gasteiger partial charge in [-0.1, -0.05) is 53.5 Å². The third kappa shape index (κ3) is 5.82. The first-order chi connectivity index (χ1) is 10.5. The minimum absolute atomic E-state index is 0. The minimum Gasteiger partial charge on any atom is -0.309 e. The fraction of sp³-hybridized carbons (Fsp3) is 0.278. The van der Waals surface area contributed by atoms with Gasteiger partial charge in [-0.25, -0.2) is 0 Å². The van der Waals surface area contributed by atoms with Gasteiger partial charge >= 0.3 is 0 Å². The summed E-state index contributed by atoms with van der Waals surface area (Å²) >= 11 is 12.2. The highest BCUT2D eigenvalue weighted by atomic mass is 35.5. The van der Waals surface area contributed by atoms with E-state index in [4.69, 9.17) is 23.2 Å². The Morgan fingerprint density at radius 2 is 1.74 bits per heavy atom. The summed E-state index contributed by atoms with van der Waals surface area (Å²) in [5.74, 6) is -0.126. The Morgan fingerprint density at radius 3 is 2.35 bits per heavy atom. The SMILES string of the molecule is CN(C)C[C@H](Cc1ccccc1)C(=O)c1cc(Cl)ccc1Cl.Cl. The monoisotopic (exact) mass is 371 g/mol. The molecule has 5 heteroatoms. The Labute approximate surface area is 153 Å². The molecule has 23 heavy (non-hydrogen) atoms. The van der Waals surface area contributed by atoms with Crippen LogP contribution in [0.5, 0.6) is 0 Å². The van der Waals surface area contributed by atoms with E-state index in [0.717, 1.165) is 5.56 Å². The molecule has 2 nitrogen and oxygen atoms in total. The highest BCUT2D eigenvalue weighted by Crippen LogP contribution is 2.25. The number of halogens is 3.